The number of rotatable bonds is 9. The van der Waals surface area contributed by atoms with Gasteiger partial charge in [0.05, 0.1) is 15.7 Å². The van der Waals surface area contributed by atoms with Crippen LogP contribution in [0.1, 0.15) is 59.6 Å². The van der Waals surface area contributed by atoms with Crippen molar-refractivity contribution in [3.05, 3.63) is 37.7 Å². The molecule has 1 aliphatic carbocycles. The molecule has 0 aliphatic heterocycles. The lowest BCUT2D eigenvalue weighted by Gasteiger charge is -2.41. The van der Waals surface area contributed by atoms with Gasteiger partial charge in [-0.25, -0.2) is 13.2 Å². The van der Waals surface area contributed by atoms with Crippen molar-refractivity contribution >= 4 is 56.0 Å². The van der Waals surface area contributed by atoms with Crippen molar-refractivity contribution in [1.29, 1.82) is 0 Å². The molecule has 182 valence electrons. The smallest absolute Gasteiger partial charge is 0.350 e. The standard InChI is InChI=1S/C22H29ClN2O5S3/c1-4-12-33(28,29)16-13-32-19(17(16)23)20(26)30-22(21(24)27)9-7-14(8-10-22)18(25(2)3)15-6-5-11-31-15/h5-6,11,13-14,18H,4,7-10,12H2,1-3H3,(H2,24,27). The maximum Gasteiger partial charge on any atom is 0.350 e. The molecule has 1 amide bonds. The van der Waals surface area contributed by atoms with Gasteiger partial charge in [-0.15, -0.1) is 22.7 Å². The Labute approximate surface area is 207 Å². The van der Waals surface area contributed by atoms with E-state index in [4.69, 9.17) is 22.1 Å². The third kappa shape index (κ3) is 5.45. The van der Waals surface area contributed by atoms with Crippen LogP contribution in [0.2, 0.25) is 5.02 Å². The Bertz CT molecular complexity index is 1090. The third-order valence-electron chi connectivity index (χ3n) is 6.11. The maximum atomic E-state index is 12.9. The number of carbonyl (C=O) groups excluding carboxylic acids is 2. The van der Waals surface area contributed by atoms with Gasteiger partial charge in [0.25, 0.3) is 5.91 Å². The normalized spacial score (nSPS) is 22.3. The minimum atomic E-state index is -3.59. The number of esters is 1. The predicted octanol–water partition coefficient (Wildman–Crippen LogP) is 4.52. The first-order valence-corrected chi connectivity index (χ1v) is 14.5. The quantitative estimate of drug-likeness (QED) is 0.476. The molecule has 1 atom stereocenters. The first-order valence-electron chi connectivity index (χ1n) is 10.7. The van der Waals surface area contributed by atoms with E-state index in [1.165, 1.54) is 10.3 Å². The minimum absolute atomic E-state index is 0.0288. The zero-order chi connectivity index (χ0) is 24.4. The van der Waals surface area contributed by atoms with Crippen molar-refractivity contribution in [3.63, 3.8) is 0 Å². The second-order valence-corrected chi connectivity index (χ2v) is 12.9. The average molecular weight is 533 g/mol. The molecule has 7 nitrogen and oxygen atoms in total. The molecule has 1 unspecified atom stereocenters. The Hall–Kier alpha value is -1.46. The third-order valence-corrected chi connectivity index (χ3v) is 10.7. The van der Waals surface area contributed by atoms with Gasteiger partial charge in [-0.05, 0) is 63.6 Å². The van der Waals surface area contributed by atoms with E-state index in [-0.39, 0.29) is 32.5 Å². The van der Waals surface area contributed by atoms with Gasteiger partial charge in [0.1, 0.15) is 4.88 Å². The molecule has 1 fully saturated rings. The van der Waals surface area contributed by atoms with Gasteiger partial charge in [-0.2, -0.15) is 0 Å². The fourth-order valence-corrected chi connectivity index (χ4v) is 8.79. The number of halogens is 1. The van der Waals surface area contributed by atoms with Crippen molar-refractivity contribution in [2.24, 2.45) is 11.7 Å². The Morgan fingerprint density at radius 2 is 1.97 bits per heavy atom. The molecule has 33 heavy (non-hydrogen) atoms. The van der Waals surface area contributed by atoms with Gasteiger partial charge in [-0.1, -0.05) is 24.6 Å². The lowest BCUT2D eigenvalue weighted by molar-refractivity contribution is -0.142. The van der Waals surface area contributed by atoms with E-state index < -0.39 is 27.3 Å². The zero-order valence-electron chi connectivity index (χ0n) is 18.9. The van der Waals surface area contributed by atoms with Crippen LogP contribution in [-0.2, 0) is 19.4 Å². The molecule has 0 aromatic carbocycles. The highest BCUT2D eigenvalue weighted by Gasteiger charge is 2.46. The molecule has 2 aromatic heterocycles. The summed E-state index contributed by atoms with van der Waals surface area (Å²) in [6, 6.07) is 4.33. The molecule has 1 saturated carbocycles. The number of hydrogen-bond donors (Lipinski definition) is 1. The highest BCUT2D eigenvalue weighted by molar-refractivity contribution is 7.91. The van der Waals surface area contributed by atoms with Crippen LogP contribution >= 0.6 is 34.3 Å². The number of amides is 1. The van der Waals surface area contributed by atoms with E-state index in [1.807, 2.05) is 25.5 Å². The van der Waals surface area contributed by atoms with Crippen LogP contribution < -0.4 is 5.73 Å². The molecule has 2 heterocycles. The van der Waals surface area contributed by atoms with Crippen molar-refractivity contribution in [2.45, 2.75) is 55.6 Å². The van der Waals surface area contributed by atoms with Gasteiger partial charge < -0.3 is 15.4 Å². The van der Waals surface area contributed by atoms with Crippen LogP contribution in [0.4, 0.5) is 0 Å². The second kappa shape index (κ2) is 10.4. The van der Waals surface area contributed by atoms with E-state index in [9.17, 15) is 18.0 Å². The molecule has 11 heteroatoms. The van der Waals surface area contributed by atoms with Crippen LogP contribution in [0.15, 0.2) is 27.8 Å². The Morgan fingerprint density at radius 1 is 1.30 bits per heavy atom. The van der Waals surface area contributed by atoms with Gasteiger partial charge in [0.2, 0.25) is 0 Å². The number of nitrogens with two attached hydrogens (primary N) is 1. The molecule has 0 spiro atoms. The number of nitrogens with zero attached hydrogens (tertiary/aromatic N) is 1. The summed E-state index contributed by atoms with van der Waals surface area (Å²) in [6.07, 6.45) is 2.35. The summed E-state index contributed by atoms with van der Waals surface area (Å²) in [5, 5.41) is 3.24. The van der Waals surface area contributed by atoms with E-state index in [1.54, 1.807) is 18.3 Å². The lowest BCUT2D eigenvalue weighted by Crippen LogP contribution is -2.50. The minimum Gasteiger partial charge on any atom is -0.445 e. The summed E-state index contributed by atoms with van der Waals surface area (Å²) < 4.78 is 30.5. The first kappa shape index (κ1) is 26.2. The van der Waals surface area contributed by atoms with E-state index in [0.29, 0.717) is 32.1 Å². The molecule has 0 radical (unpaired) electrons. The number of carbonyl (C=O) groups is 2. The Kier molecular flexibility index (Phi) is 8.27. The van der Waals surface area contributed by atoms with Crippen molar-refractivity contribution < 1.29 is 22.7 Å². The molecular formula is C22H29ClN2O5S3. The number of thiophene rings is 2. The van der Waals surface area contributed by atoms with E-state index in [2.05, 4.69) is 11.0 Å². The van der Waals surface area contributed by atoms with E-state index >= 15 is 0 Å². The van der Waals surface area contributed by atoms with Crippen LogP contribution in [-0.4, -0.2) is 50.6 Å². The highest BCUT2D eigenvalue weighted by Crippen LogP contribution is 2.44. The van der Waals surface area contributed by atoms with Crippen molar-refractivity contribution in [3.8, 4) is 0 Å². The monoisotopic (exact) mass is 532 g/mol. The van der Waals surface area contributed by atoms with Crippen LogP contribution in [0.3, 0.4) is 0 Å². The summed E-state index contributed by atoms with van der Waals surface area (Å²) in [4.78, 5) is 28.7. The zero-order valence-corrected chi connectivity index (χ0v) is 22.1. The van der Waals surface area contributed by atoms with Gasteiger partial charge >= 0.3 is 5.97 Å². The molecule has 2 N–H and O–H groups in total. The van der Waals surface area contributed by atoms with Crippen LogP contribution in [0, 0.1) is 5.92 Å². The van der Waals surface area contributed by atoms with Crippen molar-refractivity contribution in [2.75, 3.05) is 19.8 Å². The maximum absolute atomic E-state index is 12.9. The van der Waals surface area contributed by atoms with Crippen molar-refractivity contribution in [1.82, 2.24) is 4.90 Å². The molecule has 0 bridgehead atoms. The molecule has 1 aliphatic rings. The van der Waals surface area contributed by atoms with Gasteiger partial charge in [-0.3, -0.25) is 4.79 Å². The largest absolute Gasteiger partial charge is 0.445 e. The number of sulfone groups is 1. The van der Waals surface area contributed by atoms with Gasteiger partial charge in [0.15, 0.2) is 15.4 Å². The van der Waals surface area contributed by atoms with Crippen LogP contribution in [0.25, 0.3) is 0 Å². The number of ether oxygens (including phenoxy) is 1. The topological polar surface area (TPSA) is 107 Å². The Morgan fingerprint density at radius 3 is 2.48 bits per heavy atom. The molecule has 0 saturated heterocycles. The Balaban J connectivity index is 1.78. The summed E-state index contributed by atoms with van der Waals surface area (Å²) in [6.45, 7) is 1.75. The van der Waals surface area contributed by atoms with Crippen LogP contribution in [0.5, 0.6) is 0 Å². The summed E-state index contributed by atoms with van der Waals surface area (Å²) in [7, 11) is 0.473. The number of hydrogen-bond acceptors (Lipinski definition) is 8. The predicted molar refractivity (Wildman–Crippen MR) is 132 cm³/mol. The summed E-state index contributed by atoms with van der Waals surface area (Å²) in [5.74, 6) is -1.30. The average Bonchev–Trinajstić information content (AvgIpc) is 3.39. The molecule has 3 rings (SSSR count). The second-order valence-electron chi connectivity index (χ2n) is 8.57. The van der Waals surface area contributed by atoms with E-state index in [0.717, 1.165) is 11.3 Å². The summed E-state index contributed by atoms with van der Waals surface area (Å²) >= 11 is 8.84. The molecule has 2 aromatic rings. The first-order chi connectivity index (χ1) is 15.5. The summed E-state index contributed by atoms with van der Waals surface area (Å²) in [5.41, 5.74) is 4.27. The fourth-order valence-electron chi connectivity index (χ4n) is 4.47. The van der Waals surface area contributed by atoms with Gasteiger partial charge in [0, 0.05) is 16.3 Å². The lowest BCUT2D eigenvalue weighted by atomic mass is 9.74. The molecular weight excluding hydrogens is 504 g/mol. The fraction of sp³-hybridized carbons (Fsp3) is 0.545. The SMILES string of the molecule is CCCS(=O)(=O)c1csc(C(=O)OC2(C(N)=O)CCC(C(c3cccs3)N(C)C)CC2)c1Cl. The highest BCUT2D eigenvalue weighted by atomic mass is 35.5. The number of primary amides is 1.